The maximum atomic E-state index is 10.6. The molecule has 21 heavy (non-hydrogen) atoms. The van der Waals surface area contributed by atoms with Gasteiger partial charge in [0.1, 0.15) is 5.01 Å². The van der Waals surface area contributed by atoms with Crippen molar-refractivity contribution in [1.82, 2.24) is 15.3 Å². The Hall–Kier alpha value is -1.83. The molecule has 3 aromatic heterocycles. The normalized spacial score (nSPS) is 11.0. The Labute approximate surface area is 129 Å². The number of pyridine rings is 1. The van der Waals surface area contributed by atoms with Crippen LogP contribution in [0.4, 0.5) is 0 Å². The number of aromatic nitrogens is 2. The van der Waals surface area contributed by atoms with E-state index in [1.807, 2.05) is 6.07 Å². The van der Waals surface area contributed by atoms with Crippen molar-refractivity contribution in [2.45, 2.75) is 19.5 Å². The van der Waals surface area contributed by atoms with Crippen LogP contribution in [-0.2, 0) is 24.3 Å². The van der Waals surface area contributed by atoms with Crippen LogP contribution in [0.1, 0.15) is 15.6 Å². The van der Waals surface area contributed by atoms with E-state index in [9.17, 15) is 4.79 Å². The molecule has 0 aromatic carbocycles. The van der Waals surface area contributed by atoms with Gasteiger partial charge >= 0.3 is 5.97 Å². The van der Waals surface area contributed by atoms with Gasteiger partial charge in [-0.05, 0) is 18.2 Å². The summed E-state index contributed by atoms with van der Waals surface area (Å²) >= 11 is 3.21. The van der Waals surface area contributed by atoms with Gasteiger partial charge in [-0.2, -0.15) is 0 Å². The molecule has 0 aliphatic rings. The summed E-state index contributed by atoms with van der Waals surface area (Å²) in [6.45, 7) is 1.40. The molecule has 0 spiro atoms. The number of nitrogens with one attached hydrogen (secondary N) is 1. The van der Waals surface area contributed by atoms with Crippen LogP contribution >= 0.6 is 22.7 Å². The third kappa shape index (κ3) is 3.63. The van der Waals surface area contributed by atoms with Crippen molar-refractivity contribution < 1.29 is 9.90 Å². The van der Waals surface area contributed by atoms with Gasteiger partial charge in [0.25, 0.3) is 0 Å². The van der Waals surface area contributed by atoms with Crippen molar-refractivity contribution in [3.8, 4) is 0 Å². The van der Waals surface area contributed by atoms with Crippen LogP contribution in [0.5, 0.6) is 0 Å². The van der Waals surface area contributed by atoms with Gasteiger partial charge < -0.3 is 10.4 Å². The van der Waals surface area contributed by atoms with Gasteiger partial charge in [0, 0.05) is 29.5 Å². The summed E-state index contributed by atoms with van der Waals surface area (Å²) in [7, 11) is 0. The van der Waals surface area contributed by atoms with Gasteiger partial charge in [-0.15, -0.1) is 22.7 Å². The van der Waals surface area contributed by atoms with Crippen molar-refractivity contribution in [1.29, 1.82) is 0 Å². The minimum Gasteiger partial charge on any atom is -0.481 e. The molecule has 0 atom stereocenters. The Kier molecular flexibility index (Phi) is 4.23. The van der Waals surface area contributed by atoms with Crippen molar-refractivity contribution in [2.75, 3.05) is 0 Å². The number of thiazole rings is 1. The number of rotatable bonds is 6. The summed E-state index contributed by atoms with van der Waals surface area (Å²) in [5, 5.41) is 14.8. The first-order chi connectivity index (χ1) is 10.2. The van der Waals surface area contributed by atoms with Crippen LogP contribution in [-0.4, -0.2) is 21.0 Å². The standard InChI is InChI=1S/C14H13N3O2S2/c18-14(19)4-9-8-20-13(17-9)7-15-6-10-5-11-12(21-10)2-1-3-16-11/h1-3,5,8,15H,4,6-7H2,(H,18,19). The van der Waals surface area contributed by atoms with E-state index in [-0.39, 0.29) is 6.42 Å². The van der Waals surface area contributed by atoms with Crippen molar-refractivity contribution in [3.63, 3.8) is 0 Å². The van der Waals surface area contributed by atoms with E-state index in [4.69, 9.17) is 5.11 Å². The Bertz CT molecular complexity index is 733. The molecular weight excluding hydrogens is 306 g/mol. The molecule has 0 aliphatic heterocycles. The number of hydrogen-bond donors (Lipinski definition) is 2. The summed E-state index contributed by atoms with van der Waals surface area (Å²) in [6.07, 6.45) is 1.78. The van der Waals surface area contributed by atoms with Crippen LogP contribution < -0.4 is 5.32 Å². The molecule has 3 aromatic rings. The van der Waals surface area contributed by atoms with E-state index in [1.54, 1.807) is 22.9 Å². The molecule has 5 nitrogen and oxygen atoms in total. The Morgan fingerprint density at radius 1 is 1.38 bits per heavy atom. The molecule has 0 amide bonds. The zero-order valence-corrected chi connectivity index (χ0v) is 12.7. The van der Waals surface area contributed by atoms with Crippen LogP contribution in [0.25, 0.3) is 10.2 Å². The van der Waals surface area contributed by atoms with E-state index < -0.39 is 5.97 Å². The summed E-state index contributed by atoms with van der Waals surface area (Å²) in [5.74, 6) is -0.849. The highest BCUT2D eigenvalue weighted by molar-refractivity contribution is 7.19. The highest BCUT2D eigenvalue weighted by atomic mass is 32.1. The van der Waals surface area contributed by atoms with Gasteiger partial charge in [-0.1, -0.05) is 0 Å². The quantitative estimate of drug-likeness (QED) is 0.730. The number of thiophene rings is 1. The predicted octanol–water partition coefficient (Wildman–Crippen LogP) is 2.67. The van der Waals surface area contributed by atoms with Crippen LogP contribution in [0, 0.1) is 0 Å². The zero-order valence-electron chi connectivity index (χ0n) is 11.1. The fourth-order valence-electron chi connectivity index (χ4n) is 1.97. The number of hydrogen-bond acceptors (Lipinski definition) is 6. The highest BCUT2D eigenvalue weighted by Gasteiger charge is 2.06. The summed E-state index contributed by atoms with van der Waals surface area (Å²) in [4.78, 5) is 20.4. The average Bonchev–Trinajstić information content (AvgIpc) is 3.04. The summed E-state index contributed by atoms with van der Waals surface area (Å²) in [6, 6.07) is 6.09. The molecule has 108 valence electrons. The molecule has 0 unspecified atom stereocenters. The third-order valence-electron chi connectivity index (χ3n) is 2.85. The van der Waals surface area contributed by atoms with Gasteiger partial charge in [-0.3, -0.25) is 9.78 Å². The minimum atomic E-state index is -0.849. The Balaban J connectivity index is 1.55. The molecule has 0 saturated carbocycles. The molecule has 0 radical (unpaired) electrons. The Morgan fingerprint density at radius 3 is 3.10 bits per heavy atom. The van der Waals surface area contributed by atoms with E-state index >= 15 is 0 Å². The lowest BCUT2D eigenvalue weighted by molar-refractivity contribution is -0.136. The average molecular weight is 319 g/mol. The molecule has 0 saturated heterocycles. The van der Waals surface area contributed by atoms with Crippen molar-refractivity contribution in [2.24, 2.45) is 0 Å². The second-order valence-corrected chi connectivity index (χ2v) is 6.62. The molecule has 7 heteroatoms. The second kappa shape index (κ2) is 6.30. The second-order valence-electron chi connectivity index (χ2n) is 4.51. The molecular formula is C14H13N3O2S2. The largest absolute Gasteiger partial charge is 0.481 e. The van der Waals surface area contributed by atoms with E-state index in [2.05, 4.69) is 27.4 Å². The number of carbonyl (C=O) groups is 1. The van der Waals surface area contributed by atoms with Crippen LogP contribution in [0.3, 0.4) is 0 Å². The molecule has 2 N–H and O–H groups in total. The van der Waals surface area contributed by atoms with Crippen molar-refractivity contribution in [3.05, 3.63) is 45.4 Å². The maximum absolute atomic E-state index is 10.6. The monoisotopic (exact) mass is 319 g/mol. The summed E-state index contributed by atoms with van der Waals surface area (Å²) in [5.41, 5.74) is 1.65. The van der Waals surface area contributed by atoms with Gasteiger partial charge in [0.05, 0.1) is 22.3 Å². The number of aliphatic carboxylic acids is 1. The van der Waals surface area contributed by atoms with Crippen LogP contribution in [0.2, 0.25) is 0 Å². The number of nitrogens with zero attached hydrogens (tertiary/aromatic N) is 2. The van der Waals surface area contributed by atoms with Crippen molar-refractivity contribution >= 4 is 38.9 Å². The zero-order chi connectivity index (χ0) is 14.7. The van der Waals surface area contributed by atoms with Gasteiger partial charge in [0.2, 0.25) is 0 Å². The molecule has 0 aliphatic carbocycles. The fraction of sp³-hybridized carbons (Fsp3) is 0.214. The van der Waals surface area contributed by atoms with Crippen LogP contribution in [0.15, 0.2) is 29.8 Å². The lowest BCUT2D eigenvalue weighted by Gasteiger charge is -1.99. The number of fused-ring (bicyclic) bond motifs is 1. The van der Waals surface area contributed by atoms with E-state index in [1.165, 1.54) is 20.9 Å². The molecule has 0 fully saturated rings. The maximum Gasteiger partial charge on any atom is 0.309 e. The predicted molar refractivity (Wildman–Crippen MR) is 83.6 cm³/mol. The first-order valence-corrected chi connectivity index (χ1v) is 8.09. The summed E-state index contributed by atoms with van der Waals surface area (Å²) < 4.78 is 1.19. The van der Waals surface area contributed by atoms with Gasteiger partial charge in [0.15, 0.2) is 0 Å². The highest BCUT2D eigenvalue weighted by Crippen LogP contribution is 2.23. The number of carboxylic acid groups (broad SMARTS) is 1. The Morgan fingerprint density at radius 2 is 2.29 bits per heavy atom. The SMILES string of the molecule is O=C(O)Cc1csc(CNCc2cc3ncccc3s2)n1. The smallest absolute Gasteiger partial charge is 0.309 e. The van der Waals surface area contributed by atoms with E-state index in [0.29, 0.717) is 12.2 Å². The fourth-order valence-corrected chi connectivity index (χ4v) is 3.72. The lowest BCUT2D eigenvalue weighted by atomic mass is 10.3. The van der Waals surface area contributed by atoms with Gasteiger partial charge in [-0.25, -0.2) is 4.98 Å². The van der Waals surface area contributed by atoms with E-state index in [0.717, 1.165) is 17.1 Å². The third-order valence-corrected chi connectivity index (χ3v) is 4.83. The minimum absolute atomic E-state index is 0.0154. The molecule has 3 heterocycles. The first kappa shape index (κ1) is 14.1. The topological polar surface area (TPSA) is 75.1 Å². The lowest BCUT2D eigenvalue weighted by Crippen LogP contribution is -2.11. The molecule has 3 rings (SSSR count). The first-order valence-electron chi connectivity index (χ1n) is 6.40. The molecule has 0 bridgehead atoms. The number of carboxylic acids is 1.